The summed E-state index contributed by atoms with van der Waals surface area (Å²) >= 11 is 6.14. The number of carboxylic acid groups (broad SMARTS) is 1. The Labute approximate surface area is 333 Å². The number of nitrogens with one attached hydrogen (secondary N) is 1. The van der Waals surface area contributed by atoms with Crippen LogP contribution >= 0.6 is 11.6 Å². The van der Waals surface area contributed by atoms with Crippen LogP contribution in [0.5, 0.6) is 0 Å². The van der Waals surface area contributed by atoms with Gasteiger partial charge in [-0.25, -0.2) is 0 Å². The van der Waals surface area contributed by atoms with Crippen LogP contribution in [0.2, 0.25) is 5.02 Å². The number of carbonyl (C=O) groups is 5. The summed E-state index contributed by atoms with van der Waals surface area (Å²) in [5, 5.41) is 13.2. The summed E-state index contributed by atoms with van der Waals surface area (Å²) in [6.45, 7) is 22.8. The molecule has 0 heterocycles. The van der Waals surface area contributed by atoms with Crippen molar-refractivity contribution in [3.05, 3.63) is 46.0 Å². The molecule has 0 unspecified atom stereocenters. The Morgan fingerprint density at radius 3 is 2.11 bits per heavy atom. The summed E-state index contributed by atoms with van der Waals surface area (Å²) in [5.41, 5.74) is -1.20. The summed E-state index contributed by atoms with van der Waals surface area (Å²) < 4.78 is 6.15. The predicted octanol–water partition coefficient (Wildman–Crippen LogP) is 9.65. The van der Waals surface area contributed by atoms with Crippen molar-refractivity contribution >= 4 is 41.0 Å². The average Bonchev–Trinajstić information content (AvgIpc) is 3.38. The van der Waals surface area contributed by atoms with E-state index < -0.39 is 40.0 Å². The van der Waals surface area contributed by atoms with E-state index >= 15 is 0 Å². The van der Waals surface area contributed by atoms with Crippen molar-refractivity contribution in [1.82, 2.24) is 5.32 Å². The lowest BCUT2D eigenvalue weighted by atomic mass is 9.33. The molecule has 0 radical (unpaired) electrons. The highest BCUT2D eigenvalue weighted by molar-refractivity contribution is 6.40. The number of carbonyl (C=O) groups excluding carboxylic acids is 4. The van der Waals surface area contributed by atoms with E-state index in [1.54, 1.807) is 26.0 Å². The second kappa shape index (κ2) is 13.6. The van der Waals surface area contributed by atoms with Gasteiger partial charge in [0.1, 0.15) is 6.10 Å². The summed E-state index contributed by atoms with van der Waals surface area (Å²) in [7, 11) is 0. The number of allylic oxidation sites excluding steroid dienone is 2. The first-order chi connectivity index (χ1) is 25.3. The van der Waals surface area contributed by atoms with Gasteiger partial charge >= 0.3 is 11.9 Å². The van der Waals surface area contributed by atoms with Crippen LogP contribution in [-0.2, 0) is 34.2 Å². The molecule has 1 amide bonds. The SMILES string of the molecule is CC(C)C1=C2[C@H]3CC[C@@H]4[C@@]5(C)CC[C@H](OC(=O)CC(C)(C)C(=O)O)C(C)(C)[C@@H]5CC[C@@]4(C)[C@]3(C)CC[C@@]2(C(=O)C(=O)NC(C)(C)c2ccc(Cl)cc2)CC1=O. The lowest BCUT2D eigenvalue weighted by Gasteiger charge is -2.72. The minimum absolute atomic E-state index is 0.00965. The van der Waals surface area contributed by atoms with E-state index in [1.165, 1.54) is 0 Å². The number of esters is 1. The molecule has 0 aromatic heterocycles. The minimum atomic E-state index is -1.19. The van der Waals surface area contributed by atoms with Crippen molar-refractivity contribution < 1.29 is 33.8 Å². The molecule has 9 heteroatoms. The number of hydrogen-bond acceptors (Lipinski definition) is 6. The fourth-order valence-electron chi connectivity index (χ4n) is 13.2. The van der Waals surface area contributed by atoms with Crippen LogP contribution < -0.4 is 5.32 Å². The molecule has 0 aliphatic heterocycles. The molecule has 8 nitrogen and oxygen atoms in total. The highest BCUT2D eigenvalue weighted by atomic mass is 35.5. The number of hydrogen-bond donors (Lipinski definition) is 2. The third-order valence-corrected chi connectivity index (χ3v) is 16.7. The summed E-state index contributed by atoms with van der Waals surface area (Å²) in [5.74, 6) is -1.96. The van der Waals surface area contributed by atoms with E-state index in [9.17, 15) is 29.1 Å². The van der Waals surface area contributed by atoms with Gasteiger partial charge in [0.15, 0.2) is 5.78 Å². The summed E-state index contributed by atoms with van der Waals surface area (Å²) in [6.07, 6.45) is 6.24. The zero-order valence-corrected chi connectivity index (χ0v) is 35.8. The van der Waals surface area contributed by atoms with Crippen molar-refractivity contribution in [2.24, 2.45) is 56.2 Å². The number of carboxylic acids is 1. The zero-order chi connectivity index (χ0) is 40.9. The molecule has 6 rings (SSSR count). The molecule has 1 aromatic rings. The summed E-state index contributed by atoms with van der Waals surface area (Å²) in [4.78, 5) is 67.9. The molecule has 4 fully saturated rings. The van der Waals surface area contributed by atoms with E-state index in [-0.39, 0.29) is 58.2 Å². The fraction of sp³-hybridized carbons (Fsp3) is 0.717. The molecule has 1 aromatic carbocycles. The van der Waals surface area contributed by atoms with E-state index in [4.69, 9.17) is 16.3 Å². The van der Waals surface area contributed by atoms with Gasteiger partial charge in [-0.2, -0.15) is 0 Å². The lowest BCUT2D eigenvalue weighted by Crippen LogP contribution is -2.66. The standard InChI is InChI=1S/C46H64ClNO7/c1-26(2)35-30(49)24-46(37(51)38(52)48-42(7,8)27-12-14-28(47)15-13-27)23-22-44(10)29(36(35)46)16-17-32-43(9)20-19-33(55-34(50)25-40(3,4)39(53)54)41(5,6)31(43)18-21-45(32,44)11/h12-15,26,29,31-33H,16-25H2,1-11H3,(H,48,52)(H,53,54)/t29-,31+,32-,33+,43+,44-,45-,46-/m1/s1. The average molecular weight is 778 g/mol. The molecule has 4 saturated carbocycles. The highest BCUT2D eigenvalue weighted by Gasteiger charge is 2.71. The van der Waals surface area contributed by atoms with E-state index in [0.717, 1.165) is 61.7 Å². The first-order valence-corrected chi connectivity index (χ1v) is 21.0. The zero-order valence-electron chi connectivity index (χ0n) is 35.0. The third-order valence-electron chi connectivity index (χ3n) is 16.4. The van der Waals surface area contributed by atoms with Crippen LogP contribution in [0, 0.1) is 56.2 Å². The molecule has 2 N–H and O–H groups in total. The quantitative estimate of drug-likeness (QED) is 0.189. The van der Waals surface area contributed by atoms with Crippen molar-refractivity contribution in [2.75, 3.05) is 0 Å². The monoisotopic (exact) mass is 777 g/mol. The van der Waals surface area contributed by atoms with Crippen molar-refractivity contribution in [3.63, 3.8) is 0 Å². The Hall–Kier alpha value is -3.00. The molecule has 5 aliphatic carbocycles. The first-order valence-electron chi connectivity index (χ1n) is 20.6. The van der Waals surface area contributed by atoms with Gasteiger partial charge in [0, 0.05) is 16.9 Å². The second-order valence-corrected chi connectivity index (χ2v) is 21.3. The number of benzene rings is 1. The smallest absolute Gasteiger partial charge is 0.309 e. The van der Waals surface area contributed by atoms with Crippen LogP contribution in [-0.4, -0.2) is 40.6 Å². The Balaban J connectivity index is 1.30. The number of fused-ring (bicyclic) bond motifs is 7. The molecule has 5 aliphatic rings. The fourth-order valence-corrected chi connectivity index (χ4v) is 13.3. The Bertz CT molecular complexity index is 1820. The number of aliphatic carboxylic acids is 1. The lowest BCUT2D eigenvalue weighted by molar-refractivity contribution is -0.233. The molecule has 0 bridgehead atoms. The largest absolute Gasteiger partial charge is 0.481 e. The Morgan fingerprint density at radius 1 is 0.873 bits per heavy atom. The van der Waals surface area contributed by atoms with E-state index in [0.29, 0.717) is 23.3 Å². The Kier molecular flexibility index (Phi) is 10.3. The van der Waals surface area contributed by atoms with Gasteiger partial charge in [0.05, 0.1) is 22.8 Å². The van der Waals surface area contributed by atoms with Gasteiger partial charge in [-0.3, -0.25) is 24.0 Å². The van der Waals surface area contributed by atoms with Gasteiger partial charge < -0.3 is 15.2 Å². The number of amides is 1. The first kappa shape index (κ1) is 41.6. The minimum Gasteiger partial charge on any atom is -0.481 e. The van der Waals surface area contributed by atoms with Gasteiger partial charge in [0.2, 0.25) is 5.78 Å². The van der Waals surface area contributed by atoms with Crippen LogP contribution in [0.4, 0.5) is 0 Å². The summed E-state index contributed by atoms with van der Waals surface area (Å²) in [6, 6.07) is 7.26. The molecule has 0 saturated heterocycles. The third kappa shape index (κ3) is 6.34. The maximum Gasteiger partial charge on any atom is 0.309 e. The maximum atomic E-state index is 14.8. The van der Waals surface area contributed by atoms with Gasteiger partial charge in [-0.05, 0) is 148 Å². The predicted molar refractivity (Wildman–Crippen MR) is 213 cm³/mol. The number of ketones is 2. The van der Waals surface area contributed by atoms with Gasteiger partial charge in [-0.1, -0.05) is 72.2 Å². The van der Waals surface area contributed by atoms with Crippen molar-refractivity contribution in [1.29, 1.82) is 0 Å². The molecule has 8 atom stereocenters. The van der Waals surface area contributed by atoms with Gasteiger partial charge in [0.25, 0.3) is 5.91 Å². The molecular formula is C46H64ClNO7. The van der Waals surface area contributed by atoms with Crippen LogP contribution in [0.1, 0.15) is 146 Å². The molecule has 302 valence electrons. The van der Waals surface area contributed by atoms with Crippen molar-refractivity contribution in [3.8, 4) is 0 Å². The number of ether oxygens (including phenoxy) is 1. The Morgan fingerprint density at radius 2 is 1.51 bits per heavy atom. The van der Waals surface area contributed by atoms with Crippen LogP contribution in [0.15, 0.2) is 35.4 Å². The van der Waals surface area contributed by atoms with Crippen LogP contribution in [0.3, 0.4) is 0 Å². The molecule has 55 heavy (non-hydrogen) atoms. The normalized spacial score (nSPS) is 35.6. The van der Waals surface area contributed by atoms with E-state index in [1.807, 2.05) is 39.8 Å². The topological polar surface area (TPSA) is 127 Å². The molecule has 0 spiro atoms. The molecular weight excluding hydrogens is 714 g/mol. The number of rotatable bonds is 9. The van der Waals surface area contributed by atoms with Crippen LogP contribution in [0.25, 0.3) is 0 Å². The second-order valence-electron chi connectivity index (χ2n) is 20.9. The van der Waals surface area contributed by atoms with Gasteiger partial charge in [-0.15, -0.1) is 0 Å². The van der Waals surface area contributed by atoms with Crippen molar-refractivity contribution in [2.45, 2.75) is 152 Å². The number of Topliss-reactive ketones (excluding diaryl/α,β-unsaturated/α-hetero) is 2. The van der Waals surface area contributed by atoms with E-state index in [2.05, 4.69) is 39.9 Å². The highest BCUT2D eigenvalue weighted by Crippen LogP contribution is 2.77. The number of halogens is 1. The maximum absolute atomic E-state index is 14.8.